The van der Waals surface area contributed by atoms with Crippen molar-refractivity contribution < 1.29 is 0 Å². The van der Waals surface area contributed by atoms with Crippen molar-refractivity contribution in [2.75, 3.05) is 0 Å². The van der Waals surface area contributed by atoms with Crippen molar-refractivity contribution in [3.05, 3.63) is 47.4 Å². The summed E-state index contributed by atoms with van der Waals surface area (Å²) in [5.74, 6) is 1.73. The Bertz CT molecular complexity index is 249. The van der Waals surface area contributed by atoms with Crippen LogP contribution in [0.25, 0.3) is 0 Å². The molecule has 1 rings (SSSR count). The number of hydrogen-bond donors (Lipinski definition) is 0. The van der Waals surface area contributed by atoms with Gasteiger partial charge in [-0.15, -0.1) is 11.8 Å². The van der Waals surface area contributed by atoms with Crippen LogP contribution in [0.3, 0.4) is 0 Å². The van der Waals surface area contributed by atoms with Crippen LogP contribution in [-0.2, 0) is 5.75 Å². The molecule has 0 aliphatic carbocycles. The van der Waals surface area contributed by atoms with Crippen LogP contribution in [-0.4, -0.2) is 0 Å². The molecule has 0 aliphatic heterocycles. The first-order valence-electron chi connectivity index (χ1n) is 4.61. The Kier molecular flexibility index (Phi) is 4.69. The Morgan fingerprint density at radius 2 is 1.92 bits per heavy atom. The lowest BCUT2D eigenvalue weighted by Gasteiger charge is -1.97. The summed E-state index contributed by atoms with van der Waals surface area (Å²) in [7, 11) is 0. The molecule has 0 aromatic heterocycles. The first-order chi connectivity index (χ1) is 6.29. The van der Waals surface area contributed by atoms with E-state index in [0.29, 0.717) is 5.92 Å². The summed E-state index contributed by atoms with van der Waals surface area (Å²) < 4.78 is 0. The molecular weight excluding hydrogens is 176 g/mol. The molecule has 1 heteroatoms. The van der Waals surface area contributed by atoms with Gasteiger partial charge in [0, 0.05) is 5.75 Å². The Balaban J connectivity index is 2.28. The highest BCUT2D eigenvalue weighted by Crippen LogP contribution is 2.13. The minimum Gasteiger partial charge on any atom is -0.130 e. The predicted molar refractivity (Wildman–Crippen MR) is 61.7 cm³/mol. The van der Waals surface area contributed by atoms with E-state index in [0.717, 1.165) is 5.75 Å². The van der Waals surface area contributed by atoms with Crippen LogP contribution in [0.15, 0.2) is 41.8 Å². The maximum Gasteiger partial charge on any atom is 0.0225 e. The van der Waals surface area contributed by atoms with Crippen molar-refractivity contribution in [1.82, 2.24) is 0 Å². The van der Waals surface area contributed by atoms with Crippen LogP contribution in [0.1, 0.15) is 19.4 Å². The molecule has 0 radical (unpaired) electrons. The molecule has 0 unspecified atom stereocenters. The average Bonchev–Trinajstić information content (AvgIpc) is 2.14. The van der Waals surface area contributed by atoms with E-state index in [1.807, 2.05) is 11.8 Å². The van der Waals surface area contributed by atoms with Gasteiger partial charge in [0.1, 0.15) is 0 Å². The van der Waals surface area contributed by atoms with Crippen LogP contribution < -0.4 is 0 Å². The summed E-state index contributed by atoms with van der Waals surface area (Å²) in [6.07, 6.45) is 2.23. The summed E-state index contributed by atoms with van der Waals surface area (Å²) >= 11 is 1.85. The van der Waals surface area contributed by atoms with Gasteiger partial charge in [0.05, 0.1) is 0 Å². The van der Waals surface area contributed by atoms with Gasteiger partial charge in [-0.25, -0.2) is 0 Å². The van der Waals surface area contributed by atoms with Crippen LogP contribution in [0.4, 0.5) is 0 Å². The Morgan fingerprint density at radius 3 is 2.54 bits per heavy atom. The van der Waals surface area contributed by atoms with Gasteiger partial charge >= 0.3 is 0 Å². The molecular formula is C12H16S. The van der Waals surface area contributed by atoms with E-state index in [4.69, 9.17) is 0 Å². The zero-order chi connectivity index (χ0) is 9.52. The molecule has 0 saturated carbocycles. The van der Waals surface area contributed by atoms with Crippen molar-refractivity contribution in [3.8, 4) is 0 Å². The third-order valence-corrected chi connectivity index (χ3v) is 2.50. The van der Waals surface area contributed by atoms with Crippen LogP contribution >= 0.6 is 11.8 Å². The second-order valence-corrected chi connectivity index (χ2v) is 4.26. The molecule has 1 aromatic carbocycles. The van der Waals surface area contributed by atoms with Gasteiger partial charge in [-0.1, -0.05) is 50.3 Å². The fraction of sp³-hybridized carbons (Fsp3) is 0.333. The van der Waals surface area contributed by atoms with Crippen molar-refractivity contribution in [3.63, 3.8) is 0 Å². The molecule has 70 valence electrons. The first-order valence-corrected chi connectivity index (χ1v) is 5.66. The zero-order valence-electron chi connectivity index (χ0n) is 8.23. The Morgan fingerprint density at radius 1 is 1.23 bits per heavy atom. The quantitative estimate of drug-likeness (QED) is 0.692. The average molecular weight is 192 g/mol. The maximum absolute atomic E-state index is 2.23. The molecule has 0 fully saturated rings. The normalized spacial score (nSPS) is 11.3. The van der Waals surface area contributed by atoms with Gasteiger partial charge < -0.3 is 0 Å². The fourth-order valence-corrected chi connectivity index (χ4v) is 1.84. The van der Waals surface area contributed by atoms with Gasteiger partial charge in [-0.2, -0.15) is 0 Å². The van der Waals surface area contributed by atoms with Crippen molar-refractivity contribution in [2.24, 2.45) is 5.92 Å². The molecule has 13 heavy (non-hydrogen) atoms. The smallest absolute Gasteiger partial charge is 0.0225 e. The minimum atomic E-state index is 0.656. The van der Waals surface area contributed by atoms with Crippen molar-refractivity contribution in [1.29, 1.82) is 0 Å². The summed E-state index contributed by atoms with van der Waals surface area (Å²) in [5, 5.41) is 2.19. The summed E-state index contributed by atoms with van der Waals surface area (Å²) in [4.78, 5) is 0. The lowest BCUT2D eigenvalue weighted by molar-refractivity contribution is 0.834. The van der Waals surface area contributed by atoms with Gasteiger partial charge in [-0.05, 0) is 16.9 Å². The fourth-order valence-electron chi connectivity index (χ4n) is 0.931. The highest BCUT2D eigenvalue weighted by molar-refractivity contribution is 8.01. The van der Waals surface area contributed by atoms with Gasteiger partial charge in [0.15, 0.2) is 0 Å². The number of rotatable bonds is 4. The second-order valence-electron chi connectivity index (χ2n) is 3.37. The first kappa shape index (κ1) is 10.4. The molecule has 0 spiro atoms. The Labute approximate surface area is 85.1 Å². The van der Waals surface area contributed by atoms with E-state index in [-0.39, 0.29) is 0 Å². The summed E-state index contributed by atoms with van der Waals surface area (Å²) in [6, 6.07) is 10.6. The predicted octanol–water partition coefficient (Wildman–Crippen LogP) is 4.09. The van der Waals surface area contributed by atoms with Gasteiger partial charge in [0.25, 0.3) is 0 Å². The Hall–Kier alpha value is -0.690. The molecule has 0 heterocycles. The molecule has 0 saturated heterocycles. The topological polar surface area (TPSA) is 0 Å². The number of thioether (sulfide) groups is 1. The third kappa shape index (κ3) is 4.79. The molecule has 0 nitrogen and oxygen atoms in total. The number of hydrogen-bond acceptors (Lipinski definition) is 1. The lowest BCUT2D eigenvalue weighted by atomic mass is 10.2. The monoisotopic (exact) mass is 192 g/mol. The van der Waals surface area contributed by atoms with Gasteiger partial charge in [-0.3, -0.25) is 0 Å². The van der Waals surface area contributed by atoms with Crippen LogP contribution in [0.5, 0.6) is 0 Å². The van der Waals surface area contributed by atoms with E-state index in [1.54, 1.807) is 0 Å². The van der Waals surface area contributed by atoms with Crippen molar-refractivity contribution >= 4 is 11.8 Å². The van der Waals surface area contributed by atoms with E-state index in [2.05, 4.69) is 55.7 Å². The standard InChI is InChI=1S/C12H16S/c1-11(2)8-9-13-10-12-6-4-3-5-7-12/h3-9,11H,10H2,1-2H3. The highest BCUT2D eigenvalue weighted by atomic mass is 32.2. The molecule has 1 aromatic rings. The third-order valence-electron chi connectivity index (χ3n) is 1.65. The molecule has 0 bridgehead atoms. The molecule has 0 amide bonds. The van der Waals surface area contributed by atoms with E-state index < -0.39 is 0 Å². The molecule has 0 atom stereocenters. The summed E-state index contributed by atoms with van der Waals surface area (Å²) in [5.41, 5.74) is 1.39. The highest BCUT2D eigenvalue weighted by Gasteiger charge is 1.88. The lowest BCUT2D eigenvalue weighted by Crippen LogP contribution is -1.77. The van der Waals surface area contributed by atoms with Crippen LogP contribution in [0, 0.1) is 5.92 Å². The molecule has 0 N–H and O–H groups in total. The van der Waals surface area contributed by atoms with Gasteiger partial charge in [0.2, 0.25) is 0 Å². The van der Waals surface area contributed by atoms with Crippen molar-refractivity contribution in [2.45, 2.75) is 19.6 Å². The number of benzene rings is 1. The number of allylic oxidation sites excluding steroid dienone is 1. The minimum absolute atomic E-state index is 0.656. The SMILES string of the molecule is CC(C)C=CSCc1ccccc1. The largest absolute Gasteiger partial charge is 0.130 e. The summed E-state index contributed by atoms with van der Waals surface area (Å²) in [6.45, 7) is 4.39. The second kappa shape index (κ2) is 5.87. The van der Waals surface area contributed by atoms with E-state index in [9.17, 15) is 0 Å². The molecule has 0 aliphatic rings. The maximum atomic E-state index is 2.23. The zero-order valence-corrected chi connectivity index (χ0v) is 9.05. The van der Waals surface area contributed by atoms with Crippen LogP contribution in [0.2, 0.25) is 0 Å². The van der Waals surface area contributed by atoms with E-state index >= 15 is 0 Å². The van der Waals surface area contributed by atoms with E-state index in [1.165, 1.54) is 5.56 Å².